The summed E-state index contributed by atoms with van der Waals surface area (Å²) in [5.41, 5.74) is 3.46. The molecule has 1 aliphatic rings. The van der Waals surface area contributed by atoms with Crippen molar-refractivity contribution in [3.63, 3.8) is 0 Å². The monoisotopic (exact) mass is 516 g/mol. The van der Waals surface area contributed by atoms with Crippen LogP contribution in [0.3, 0.4) is 0 Å². The van der Waals surface area contributed by atoms with Gasteiger partial charge in [-0.25, -0.2) is 4.98 Å². The number of aromatic hydroxyl groups is 1. The number of aromatic nitrogens is 2. The van der Waals surface area contributed by atoms with Gasteiger partial charge in [-0.3, -0.25) is 14.5 Å². The summed E-state index contributed by atoms with van der Waals surface area (Å²) >= 11 is 0. The second kappa shape index (κ2) is 13.0. The molecule has 5 N–H and O–H groups in total. The Labute approximate surface area is 221 Å². The molecule has 0 saturated carbocycles. The molecule has 1 aromatic heterocycles. The molecule has 1 atom stereocenters. The Kier molecular flexibility index (Phi) is 9.27. The minimum atomic E-state index is -0.600. The molecule has 1 aliphatic heterocycles. The molecule has 9 nitrogen and oxygen atoms in total. The molecule has 2 aromatic carbocycles. The van der Waals surface area contributed by atoms with E-state index >= 15 is 0 Å². The van der Waals surface area contributed by atoms with Crippen molar-refractivity contribution in [1.29, 1.82) is 0 Å². The van der Waals surface area contributed by atoms with E-state index in [0.29, 0.717) is 0 Å². The van der Waals surface area contributed by atoms with Crippen molar-refractivity contribution < 1.29 is 20.1 Å². The summed E-state index contributed by atoms with van der Waals surface area (Å²) in [5, 5.41) is 31.5. The number of hydrogen-bond acceptors (Lipinski definition) is 7. The summed E-state index contributed by atoms with van der Waals surface area (Å²) in [5.74, 6) is 5.30. The Balaban J connectivity index is 1.31. The Bertz CT molecular complexity index is 1330. The number of amides is 1. The van der Waals surface area contributed by atoms with Crippen molar-refractivity contribution in [2.24, 2.45) is 0 Å². The molecule has 38 heavy (non-hydrogen) atoms. The van der Waals surface area contributed by atoms with Crippen molar-refractivity contribution in [3.05, 3.63) is 93.2 Å². The van der Waals surface area contributed by atoms with Crippen molar-refractivity contribution in [3.8, 4) is 17.6 Å². The van der Waals surface area contributed by atoms with E-state index in [9.17, 15) is 19.8 Å². The molecule has 9 heteroatoms. The zero-order valence-corrected chi connectivity index (χ0v) is 21.1. The second-order valence-corrected chi connectivity index (χ2v) is 9.46. The van der Waals surface area contributed by atoms with Crippen LogP contribution in [0, 0.1) is 11.8 Å². The van der Waals surface area contributed by atoms with Crippen molar-refractivity contribution >= 4 is 5.91 Å². The van der Waals surface area contributed by atoms with Crippen molar-refractivity contribution in [2.75, 3.05) is 26.3 Å². The van der Waals surface area contributed by atoms with Crippen LogP contribution in [-0.2, 0) is 17.8 Å². The van der Waals surface area contributed by atoms with Gasteiger partial charge in [0.1, 0.15) is 6.61 Å². The number of piperidine rings is 1. The van der Waals surface area contributed by atoms with Crippen LogP contribution in [0.15, 0.2) is 59.7 Å². The zero-order chi connectivity index (χ0) is 26.9. The Hall–Kier alpha value is -3.97. The second-order valence-electron chi connectivity index (χ2n) is 9.46. The Morgan fingerprint density at radius 3 is 2.29 bits per heavy atom. The molecule has 2 heterocycles. The third-order valence-electron chi connectivity index (χ3n) is 6.75. The third-order valence-corrected chi connectivity index (χ3v) is 6.75. The average Bonchev–Trinajstić information content (AvgIpc) is 2.95. The number of benzene rings is 2. The molecule has 0 unspecified atom stereocenters. The molecule has 1 saturated heterocycles. The summed E-state index contributed by atoms with van der Waals surface area (Å²) in [6.45, 7) is 2.02. The smallest absolute Gasteiger partial charge is 0.293 e. The predicted octanol–water partition coefficient (Wildman–Crippen LogP) is 1.27. The molecule has 0 spiro atoms. The van der Waals surface area contributed by atoms with Gasteiger partial charge >= 0.3 is 0 Å². The predicted molar refractivity (Wildman–Crippen MR) is 142 cm³/mol. The third kappa shape index (κ3) is 7.29. The quantitative estimate of drug-likeness (QED) is 0.284. The fraction of sp³-hybridized carbons (Fsp3) is 0.345. The van der Waals surface area contributed by atoms with E-state index in [-0.39, 0.29) is 36.6 Å². The van der Waals surface area contributed by atoms with Crippen molar-refractivity contribution in [2.45, 2.75) is 37.8 Å². The van der Waals surface area contributed by atoms with Gasteiger partial charge in [-0.05, 0) is 48.2 Å². The normalized spacial score (nSPS) is 14.9. The van der Waals surface area contributed by atoms with Crippen LogP contribution in [0.1, 0.15) is 46.7 Å². The van der Waals surface area contributed by atoms with E-state index in [2.05, 4.69) is 44.2 Å². The largest absolute Gasteiger partial charge is 0.502 e. The number of nitrogens with one attached hydrogen (secondary N) is 2. The number of nitrogens with zero attached hydrogens (tertiary/aromatic N) is 2. The van der Waals surface area contributed by atoms with Gasteiger partial charge in [0.2, 0.25) is 11.7 Å². The fourth-order valence-corrected chi connectivity index (χ4v) is 4.54. The van der Waals surface area contributed by atoms with Crippen LogP contribution in [0.25, 0.3) is 0 Å². The first kappa shape index (κ1) is 27.1. The summed E-state index contributed by atoms with van der Waals surface area (Å²) in [6.07, 6.45) is 3.22. The van der Waals surface area contributed by atoms with Gasteiger partial charge in [0.25, 0.3) is 5.56 Å². The summed E-state index contributed by atoms with van der Waals surface area (Å²) < 4.78 is 0. The SMILES string of the molecule is O=C(CO)NC1CCN(Cc2ccc(C#Cc3ccc([C@H](CO)Cc4nc[nH]c(=O)c4O)cc3)cc2)CC1. The van der Waals surface area contributed by atoms with Gasteiger partial charge in [-0.15, -0.1) is 0 Å². The van der Waals surface area contributed by atoms with E-state index in [4.69, 9.17) is 5.11 Å². The highest BCUT2D eigenvalue weighted by Crippen LogP contribution is 2.23. The lowest BCUT2D eigenvalue weighted by molar-refractivity contribution is -0.124. The minimum absolute atomic E-state index is 0.132. The molecule has 1 fully saturated rings. The molecule has 1 amide bonds. The van der Waals surface area contributed by atoms with E-state index in [1.165, 1.54) is 11.9 Å². The van der Waals surface area contributed by atoms with Gasteiger partial charge in [-0.2, -0.15) is 0 Å². The molecule has 3 aromatic rings. The van der Waals surface area contributed by atoms with E-state index in [0.717, 1.165) is 49.2 Å². The van der Waals surface area contributed by atoms with Crippen LogP contribution < -0.4 is 10.9 Å². The van der Waals surface area contributed by atoms with E-state index < -0.39 is 17.9 Å². The maximum absolute atomic E-state index is 11.6. The van der Waals surface area contributed by atoms with E-state index in [1.54, 1.807) is 0 Å². The number of carbonyl (C=O) groups excluding carboxylic acids is 1. The van der Waals surface area contributed by atoms with E-state index in [1.807, 2.05) is 36.4 Å². The number of H-pyrrole nitrogens is 1. The molecule has 0 bridgehead atoms. The molecule has 0 aliphatic carbocycles. The van der Waals surface area contributed by atoms with Crippen LogP contribution in [0.5, 0.6) is 5.75 Å². The average molecular weight is 517 g/mol. The minimum Gasteiger partial charge on any atom is -0.502 e. The molecular weight excluding hydrogens is 484 g/mol. The first-order chi connectivity index (χ1) is 18.4. The van der Waals surface area contributed by atoms with Crippen LogP contribution in [0.4, 0.5) is 0 Å². The summed E-state index contributed by atoms with van der Waals surface area (Å²) in [6, 6.07) is 15.9. The molecule has 198 valence electrons. The number of aliphatic hydroxyl groups is 2. The number of carbonyl (C=O) groups is 1. The zero-order valence-electron chi connectivity index (χ0n) is 21.1. The van der Waals surface area contributed by atoms with Crippen molar-refractivity contribution in [1.82, 2.24) is 20.2 Å². The van der Waals surface area contributed by atoms with Gasteiger partial charge in [0.05, 0.1) is 18.6 Å². The maximum atomic E-state index is 11.6. The highest BCUT2D eigenvalue weighted by molar-refractivity contribution is 5.77. The number of aliphatic hydroxyl groups excluding tert-OH is 2. The Morgan fingerprint density at radius 1 is 1.05 bits per heavy atom. The topological polar surface area (TPSA) is 139 Å². The lowest BCUT2D eigenvalue weighted by Gasteiger charge is -2.32. The molecular formula is C29H32N4O5. The summed E-state index contributed by atoms with van der Waals surface area (Å²) in [4.78, 5) is 31.6. The highest BCUT2D eigenvalue weighted by Gasteiger charge is 2.20. The standard InChI is InChI=1S/C29H32N4O5/c34-17-24(15-26-28(37)29(38)31-19-30-26)23-9-7-21(8-10-23)2-1-20-3-5-22(6-4-20)16-33-13-11-25(12-14-33)32-27(36)18-35/h3-10,19,24-25,34-35,37H,11-18H2,(H,32,36)(H,30,31,38)/t24-/m0/s1. The van der Waals surface area contributed by atoms with Gasteiger partial charge in [-0.1, -0.05) is 36.1 Å². The number of likely N-dealkylation sites (tertiary alicyclic amines) is 1. The maximum Gasteiger partial charge on any atom is 0.293 e. The van der Waals surface area contributed by atoms with Crippen LogP contribution in [-0.4, -0.2) is 68.4 Å². The number of aromatic amines is 1. The number of rotatable bonds is 8. The first-order valence-electron chi connectivity index (χ1n) is 12.6. The van der Waals surface area contributed by atoms with Gasteiger partial charge in [0, 0.05) is 49.1 Å². The highest BCUT2D eigenvalue weighted by atomic mass is 16.3. The van der Waals surface area contributed by atoms with Gasteiger partial charge < -0.3 is 25.6 Å². The lowest BCUT2D eigenvalue weighted by Crippen LogP contribution is -2.45. The molecule has 0 radical (unpaired) electrons. The van der Waals surface area contributed by atoms with Crippen LogP contribution >= 0.6 is 0 Å². The molecule has 4 rings (SSSR count). The van der Waals surface area contributed by atoms with Gasteiger partial charge in [0.15, 0.2) is 0 Å². The number of hydrogen-bond donors (Lipinski definition) is 5. The summed E-state index contributed by atoms with van der Waals surface area (Å²) in [7, 11) is 0. The fourth-order valence-electron chi connectivity index (χ4n) is 4.54. The van der Waals surface area contributed by atoms with Crippen LogP contribution in [0.2, 0.25) is 0 Å². The first-order valence-corrected chi connectivity index (χ1v) is 12.6. The lowest BCUT2D eigenvalue weighted by atomic mass is 9.94. The Morgan fingerprint density at radius 2 is 1.68 bits per heavy atom.